The number of nitrogens with one attached hydrogen (secondary N) is 1. The Bertz CT molecular complexity index is 369. The van der Waals surface area contributed by atoms with E-state index in [1.807, 2.05) is 4.90 Å². The highest BCUT2D eigenvalue weighted by atomic mass is 16.4. The number of likely N-dealkylation sites (tertiary alicyclic amines) is 2. The Kier molecular flexibility index (Phi) is 5.85. The van der Waals surface area contributed by atoms with E-state index in [1.165, 1.54) is 12.8 Å². The number of carboxylic acid groups (broad SMARTS) is 1. The average molecular weight is 297 g/mol. The Hall–Kier alpha value is -1.30. The lowest BCUT2D eigenvalue weighted by Gasteiger charge is -2.25. The van der Waals surface area contributed by atoms with Gasteiger partial charge >= 0.3 is 12.0 Å². The number of carboxylic acids is 1. The number of hydrogen-bond acceptors (Lipinski definition) is 3. The highest BCUT2D eigenvalue weighted by Gasteiger charge is 2.27. The van der Waals surface area contributed by atoms with Crippen molar-refractivity contribution in [3.8, 4) is 0 Å². The zero-order valence-electron chi connectivity index (χ0n) is 12.9. The average Bonchev–Trinajstić information content (AvgIpc) is 3.12. The predicted molar refractivity (Wildman–Crippen MR) is 80.2 cm³/mol. The van der Waals surface area contributed by atoms with Gasteiger partial charge in [0.1, 0.15) is 0 Å². The SMILES string of the molecule is CC(CNC(=O)N1CCC(CCC(=O)O)C1)N1CCCC1. The summed E-state index contributed by atoms with van der Waals surface area (Å²) in [5.41, 5.74) is 0. The lowest BCUT2D eigenvalue weighted by atomic mass is 10.0. The van der Waals surface area contributed by atoms with E-state index in [-0.39, 0.29) is 12.5 Å². The smallest absolute Gasteiger partial charge is 0.317 e. The van der Waals surface area contributed by atoms with Crippen LogP contribution in [0.1, 0.15) is 39.0 Å². The van der Waals surface area contributed by atoms with E-state index in [9.17, 15) is 9.59 Å². The first-order valence-corrected chi connectivity index (χ1v) is 8.05. The van der Waals surface area contributed by atoms with Crippen LogP contribution in [0, 0.1) is 5.92 Å². The molecule has 0 aromatic rings. The van der Waals surface area contributed by atoms with E-state index in [4.69, 9.17) is 5.11 Å². The van der Waals surface area contributed by atoms with Crippen molar-refractivity contribution in [1.29, 1.82) is 0 Å². The molecule has 0 saturated carbocycles. The molecule has 2 aliphatic heterocycles. The minimum absolute atomic E-state index is 0.00104. The fourth-order valence-electron chi connectivity index (χ4n) is 3.24. The van der Waals surface area contributed by atoms with E-state index in [1.54, 1.807) is 0 Å². The number of hydrogen-bond donors (Lipinski definition) is 2. The van der Waals surface area contributed by atoms with Crippen LogP contribution in [-0.2, 0) is 4.79 Å². The first-order chi connectivity index (χ1) is 10.1. The zero-order valence-corrected chi connectivity index (χ0v) is 12.9. The van der Waals surface area contributed by atoms with Crippen molar-refractivity contribution >= 4 is 12.0 Å². The maximum Gasteiger partial charge on any atom is 0.317 e. The third kappa shape index (κ3) is 4.88. The molecule has 0 aliphatic carbocycles. The molecule has 2 unspecified atom stereocenters. The molecule has 2 atom stereocenters. The standard InChI is InChI=1S/C15H27N3O3/c1-12(17-7-2-3-8-17)10-16-15(21)18-9-6-13(11-18)4-5-14(19)20/h12-13H,2-11H2,1H3,(H,16,21)(H,19,20). The zero-order chi connectivity index (χ0) is 15.2. The summed E-state index contributed by atoms with van der Waals surface area (Å²) in [4.78, 5) is 26.9. The Morgan fingerprint density at radius 2 is 2.00 bits per heavy atom. The fourth-order valence-corrected chi connectivity index (χ4v) is 3.24. The van der Waals surface area contributed by atoms with Crippen LogP contribution in [0.25, 0.3) is 0 Å². The molecule has 21 heavy (non-hydrogen) atoms. The molecule has 2 N–H and O–H groups in total. The molecule has 0 radical (unpaired) electrons. The number of amides is 2. The molecule has 0 aromatic heterocycles. The molecule has 6 nitrogen and oxygen atoms in total. The van der Waals surface area contributed by atoms with Gasteiger partial charge in [0, 0.05) is 32.1 Å². The van der Waals surface area contributed by atoms with Gasteiger partial charge in [0.2, 0.25) is 0 Å². The highest BCUT2D eigenvalue weighted by molar-refractivity contribution is 5.74. The lowest BCUT2D eigenvalue weighted by Crippen LogP contribution is -2.45. The summed E-state index contributed by atoms with van der Waals surface area (Å²) in [6, 6.07) is 0.390. The molecule has 6 heteroatoms. The molecule has 2 aliphatic rings. The van der Waals surface area contributed by atoms with Crippen molar-refractivity contribution in [3.63, 3.8) is 0 Å². The van der Waals surface area contributed by atoms with Gasteiger partial charge < -0.3 is 15.3 Å². The molecule has 120 valence electrons. The van der Waals surface area contributed by atoms with Gasteiger partial charge in [0.25, 0.3) is 0 Å². The summed E-state index contributed by atoms with van der Waals surface area (Å²) in [5, 5.41) is 11.7. The molecule has 0 spiro atoms. The quantitative estimate of drug-likeness (QED) is 0.776. The monoisotopic (exact) mass is 297 g/mol. The van der Waals surface area contributed by atoms with E-state index < -0.39 is 5.97 Å². The number of nitrogens with zero attached hydrogens (tertiary/aromatic N) is 2. The molecule has 0 aromatic carbocycles. The van der Waals surface area contributed by atoms with Crippen LogP contribution < -0.4 is 5.32 Å². The number of aliphatic carboxylic acids is 1. The van der Waals surface area contributed by atoms with Gasteiger partial charge in [-0.1, -0.05) is 0 Å². The molecule has 0 bridgehead atoms. The van der Waals surface area contributed by atoms with Gasteiger partial charge in [0.15, 0.2) is 0 Å². The molecule has 2 rings (SSSR count). The summed E-state index contributed by atoms with van der Waals surface area (Å²) in [6.07, 6.45) is 4.31. The van der Waals surface area contributed by atoms with Crippen LogP contribution in [0.4, 0.5) is 4.79 Å². The van der Waals surface area contributed by atoms with E-state index in [0.29, 0.717) is 31.5 Å². The first kappa shape index (κ1) is 16.1. The van der Waals surface area contributed by atoms with Crippen LogP contribution in [0.2, 0.25) is 0 Å². The van der Waals surface area contributed by atoms with Crippen molar-refractivity contribution in [2.45, 2.75) is 45.1 Å². The van der Waals surface area contributed by atoms with Crippen LogP contribution in [0.15, 0.2) is 0 Å². The normalized spacial score (nSPS) is 24.2. The number of carbonyl (C=O) groups is 2. The number of urea groups is 1. The Morgan fingerprint density at radius 3 is 2.67 bits per heavy atom. The molecular formula is C15H27N3O3. The summed E-state index contributed by atoms with van der Waals surface area (Å²) >= 11 is 0. The Balaban J connectivity index is 1.65. The van der Waals surface area contributed by atoms with Crippen molar-refractivity contribution < 1.29 is 14.7 Å². The van der Waals surface area contributed by atoms with Crippen LogP contribution in [0.5, 0.6) is 0 Å². The number of carbonyl (C=O) groups excluding carboxylic acids is 1. The summed E-state index contributed by atoms with van der Waals surface area (Å²) in [7, 11) is 0. The molecule has 2 fully saturated rings. The van der Waals surface area contributed by atoms with Gasteiger partial charge in [0.05, 0.1) is 0 Å². The third-order valence-corrected chi connectivity index (χ3v) is 4.65. The molecule has 2 saturated heterocycles. The topological polar surface area (TPSA) is 72.9 Å². The van der Waals surface area contributed by atoms with Gasteiger partial charge in [-0.05, 0) is 51.6 Å². The fraction of sp³-hybridized carbons (Fsp3) is 0.867. The van der Waals surface area contributed by atoms with Crippen LogP contribution in [0.3, 0.4) is 0 Å². The Labute approximate surface area is 126 Å². The van der Waals surface area contributed by atoms with E-state index >= 15 is 0 Å². The maximum absolute atomic E-state index is 12.1. The second-order valence-corrected chi connectivity index (χ2v) is 6.31. The summed E-state index contributed by atoms with van der Waals surface area (Å²) in [5.74, 6) is -0.416. The van der Waals surface area contributed by atoms with Crippen LogP contribution in [-0.4, -0.2) is 65.7 Å². The van der Waals surface area contributed by atoms with E-state index in [0.717, 1.165) is 26.1 Å². The lowest BCUT2D eigenvalue weighted by molar-refractivity contribution is -0.137. The first-order valence-electron chi connectivity index (χ1n) is 8.05. The van der Waals surface area contributed by atoms with Crippen molar-refractivity contribution in [2.75, 3.05) is 32.7 Å². The largest absolute Gasteiger partial charge is 0.481 e. The van der Waals surface area contributed by atoms with E-state index in [2.05, 4.69) is 17.1 Å². The Morgan fingerprint density at radius 1 is 1.29 bits per heavy atom. The maximum atomic E-state index is 12.1. The van der Waals surface area contributed by atoms with Crippen molar-refractivity contribution in [2.24, 2.45) is 5.92 Å². The van der Waals surface area contributed by atoms with Crippen molar-refractivity contribution in [3.05, 3.63) is 0 Å². The van der Waals surface area contributed by atoms with Gasteiger partial charge in [-0.25, -0.2) is 4.79 Å². The second kappa shape index (κ2) is 7.64. The van der Waals surface area contributed by atoms with Gasteiger partial charge in [-0.15, -0.1) is 0 Å². The minimum Gasteiger partial charge on any atom is -0.481 e. The third-order valence-electron chi connectivity index (χ3n) is 4.65. The van der Waals surface area contributed by atoms with Gasteiger partial charge in [-0.2, -0.15) is 0 Å². The number of rotatable bonds is 6. The molecule has 2 amide bonds. The minimum atomic E-state index is -0.752. The predicted octanol–water partition coefficient (Wildman–Crippen LogP) is 1.37. The molecular weight excluding hydrogens is 270 g/mol. The van der Waals surface area contributed by atoms with Crippen LogP contribution >= 0.6 is 0 Å². The second-order valence-electron chi connectivity index (χ2n) is 6.31. The highest BCUT2D eigenvalue weighted by Crippen LogP contribution is 2.21. The van der Waals surface area contributed by atoms with Crippen molar-refractivity contribution in [1.82, 2.24) is 15.1 Å². The molecule has 2 heterocycles. The summed E-state index contributed by atoms with van der Waals surface area (Å²) < 4.78 is 0. The van der Waals surface area contributed by atoms with Gasteiger partial charge in [-0.3, -0.25) is 9.69 Å². The summed E-state index contributed by atoms with van der Waals surface area (Å²) in [6.45, 7) is 6.56.